The van der Waals surface area contributed by atoms with E-state index in [-0.39, 0.29) is 17.6 Å². The topological polar surface area (TPSA) is 66.9 Å². The molecule has 0 saturated carbocycles. The van der Waals surface area contributed by atoms with Crippen LogP contribution in [0.5, 0.6) is 0 Å². The van der Waals surface area contributed by atoms with Gasteiger partial charge in [-0.05, 0) is 37.6 Å². The molecule has 0 aliphatic rings. The van der Waals surface area contributed by atoms with Gasteiger partial charge in [-0.2, -0.15) is 0 Å². The lowest BCUT2D eigenvalue weighted by Gasteiger charge is -2.12. The summed E-state index contributed by atoms with van der Waals surface area (Å²) in [5.41, 5.74) is 0.734. The van der Waals surface area contributed by atoms with E-state index in [0.717, 1.165) is 6.42 Å². The normalized spacial score (nSPS) is 11.8. The fraction of sp³-hybridized carbons (Fsp3) is 0.267. The minimum atomic E-state index is -0.362. The van der Waals surface area contributed by atoms with Crippen molar-refractivity contribution in [3.63, 3.8) is 0 Å². The summed E-state index contributed by atoms with van der Waals surface area (Å²) >= 11 is 11.9. The molecule has 1 heterocycles. The summed E-state index contributed by atoms with van der Waals surface area (Å²) in [6, 6.07) is 6.63. The standard InChI is InChI=1S/C15H16Cl2N4O/c1-3-9(2)19-15-18-7-6-13(21-15)14(22)20-12-5-4-10(16)8-11(12)17/h4-9H,3H2,1-2H3,(H,20,22)(H,18,19,21). The third kappa shape index (κ3) is 4.32. The van der Waals surface area contributed by atoms with Crippen LogP contribution in [-0.2, 0) is 0 Å². The Kier molecular flexibility index (Phi) is 5.57. The van der Waals surface area contributed by atoms with Crippen molar-refractivity contribution in [3.05, 3.63) is 46.2 Å². The molecule has 0 radical (unpaired) electrons. The summed E-state index contributed by atoms with van der Waals surface area (Å²) in [5.74, 6) is 0.0584. The Hall–Kier alpha value is -1.85. The van der Waals surface area contributed by atoms with E-state index >= 15 is 0 Å². The molecule has 2 N–H and O–H groups in total. The molecule has 0 fully saturated rings. The van der Waals surface area contributed by atoms with Crippen molar-refractivity contribution in [1.82, 2.24) is 9.97 Å². The van der Waals surface area contributed by atoms with Gasteiger partial charge in [-0.3, -0.25) is 4.79 Å². The summed E-state index contributed by atoms with van der Waals surface area (Å²) in [4.78, 5) is 20.5. The maximum Gasteiger partial charge on any atom is 0.274 e. The highest BCUT2D eigenvalue weighted by Gasteiger charge is 2.12. The summed E-state index contributed by atoms with van der Waals surface area (Å²) in [6.45, 7) is 4.07. The summed E-state index contributed by atoms with van der Waals surface area (Å²) in [6.07, 6.45) is 2.47. The van der Waals surface area contributed by atoms with Crippen LogP contribution in [0.1, 0.15) is 30.8 Å². The van der Waals surface area contributed by atoms with Crippen LogP contribution < -0.4 is 10.6 Å². The molecule has 1 atom stereocenters. The summed E-state index contributed by atoms with van der Waals surface area (Å²) in [5, 5.41) is 6.70. The van der Waals surface area contributed by atoms with Gasteiger partial charge in [-0.1, -0.05) is 30.1 Å². The molecule has 0 saturated heterocycles. The van der Waals surface area contributed by atoms with Gasteiger partial charge in [-0.25, -0.2) is 9.97 Å². The minimum Gasteiger partial charge on any atom is -0.352 e. The number of amides is 1. The van der Waals surface area contributed by atoms with Gasteiger partial charge in [0.05, 0.1) is 10.7 Å². The first-order valence-corrected chi connectivity index (χ1v) is 7.61. The second kappa shape index (κ2) is 7.42. The Morgan fingerprint density at radius 3 is 2.77 bits per heavy atom. The highest BCUT2D eigenvalue weighted by molar-refractivity contribution is 6.36. The molecule has 1 aromatic heterocycles. The molecular weight excluding hydrogens is 323 g/mol. The predicted molar refractivity (Wildman–Crippen MR) is 89.8 cm³/mol. The number of hydrogen-bond acceptors (Lipinski definition) is 4. The number of halogens is 2. The zero-order valence-electron chi connectivity index (χ0n) is 12.2. The molecule has 0 aliphatic carbocycles. The molecular formula is C15H16Cl2N4O. The first-order chi connectivity index (χ1) is 10.5. The molecule has 0 bridgehead atoms. The molecule has 1 amide bonds. The number of carbonyl (C=O) groups is 1. The fourth-order valence-corrected chi connectivity index (χ4v) is 2.11. The smallest absolute Gasteiger partial charge is 0.274 e. The number of nitrogens with one attached hydrogen (secondary N) is 2. The Labute approximate surface area is 139 Å². The molecule has 22 heavy (non-hydrogen) atoms. The largest absolute Gasteiger partial charge is 0.352 e. The van der Waals surface area contributed by atoms with Gasteiger partial charge in [0.25, 0.3) is 5.91 Å². The summed E-state index contributed by atoms with van der Waals surface area (Å²) in [7, 11) is 0. The van der Waals surface area contributed by atoms with Crippen molar-refractivity contribution in [2.24, 2.45) is 0 Å². The highest BCUT2D eigenvalue weighted by Crippen LogP contribution is 2.25. The van der Waals surface area contributed by atoms with Crippen LogP contribution in [-0.4, -0.2) is 21.9 Å². The van der Waals surface area contributed by atoms with E-state index in [1.54, 1.807) is 24.3 Å². The van der Waals surface area contributed by atoms with Crippen molar-refractivity contribution in [1.29, 1.82) is 0 Å². The van der Waals surface area contributed by atoms with Crippen LogP contribution in [0.15, 0.2) is 30.5 Å². The van der Waals surface area contributed by atoms with E-state index in [4.69, 9.17) is 23.2 Å². The van der Waals surface area contributed by atoms with Gasteiger partial charge in [-0.15, -0.1) is 0 Å². The first kappa shape index (κ1) is 16.5. The van der Waals surface area contributed by atoms with Crippen LogP contribution in [0.2, 0.25) is 10.0 Å². The van der Waals surface area contributed by atoms with Crippen molar-refractivity contribution in [2.45, 2.75) is 26.3 Å². The molecule has 1 unspecified atom stereocenters. The monoisotopic (exact) mass is 338 g/mol. The second-order valence-corrected chi connectivity index (χ2v) is 5.64. The van der Waals surface area contributed by atoms with Crippen LogP contribution in [0, 0.1) is 0 Å². The van der Waals surface area contributed by atoms with Gasteiger partial charge in [0.15, 0.2) is 0 Å². The average molecular weight is 339 g/mol. The molecule has 5 nitrogen and oxygen atoms in total. The third-order valence-electron chi connectivity index (χ3n) is 3.06. The second-order valence-electron chi connectivity index (χ2n) is 4.80. The number of nitrogens with zero attached hydrogens (tertiary/aromatic N) is 2. The Morgan fingerprint density at radius 2 is 2.09 bits per heavy atom. The zero-order chi connectivity index (χ0) is 16.1. The van der Waals surface area contributed by atoms with Crippen molar-refractivity contribution in [3.8, 4) is 0 Å². The van der Waals surface area contributed by atoms with E-state index < -0.39 is 0 Å². The SMILES string of the molecule is CCC(C)Nc1nccc(C(=O)Nc2ccc(Cl)cc2Cl)n1. The molecule has 1 aromatic carbocycles. The lowest BCUT2D eigenvalue weighted by Crippen LogP contribution is -2.19. The number of rotatable bonds is 5. The van der Waals surface area contributed by atoms with Gasteiger partial charge < -0.3 is 10.6 Å². The lowest BCUT2D eigenvalue weighted by atomic mass is 10.3. The van der Waals surface area contributed by atoms with Gasteiger partial charge >= 0.3 is 0 Å². The number of carbonyl (C=O) groups excluding carboxylic acids is 1. The Bertz CT molecular complexity index is 678. The molecule has 2 rings (SSSR count). The zero-order valence-corrected chi connectivity index (χ0v) is 13.7. The molecule has 0 spiro atoms. The van der Waals surface area contributed by atoms with Crippen molar-refractivity contribution >= 4 is 40.7 Å². The maximum absolute atomic E-state index is 12.2. The highest BCUT2D eigenvalue weighted by atomic mass is 35.5. The number of anilines is 2. The van der Waals surface area contributed by atoms with E-state index in [9.17, 15) is 4.79 Å². The first-order valence-electron chi connectivity index (χ1n) is 6.85. The minimum absolute atomic E-state index is 0.226. The van der Waals surface area contributed by atoms with E-state index in [2.05, 4.69) is 27.5 Å². The Balaban J connectivity index is 2.14. The quantitative estimate of drug-likeness (QED) is 0.855. The van der Waals surface area contributed by atoms with Gasteiger partial charge in [0.1, 0.15) is 5.69 Å². The van der Waals surface area contributed by atoms with Gasteiger partial charge in [0, 0.05) is 17.3 Å². The van der Waals surface area contributed by atoms with Crippen LogP contribution in [0.25, 0.3) is 0 Å². The molecule has 0 aliphatic heterocycles. The number of benzene rings is 1. The fourth-order valence-electron chi connectivity index (χ4n) is 1.65. The maximum atomic E-state index is 12.2. The van der Waals surface area contributed by atoms with Crippen LogP contribution in [0.4, 0.5) is 11.6 Å². The van der Waals surface area contributed by atoms with Crippen molar-refractivity contribution in [2.75, 3.05) is 10.6 Å². The summed E-state index contributed by atoms with van der Waals surface area (Å²) < 4.78 is 0. The molecule has 116 valence electrons. The van der Waals surface area contributed by atoms with Crippen molar-refractivity contribution < 1.29 is 4.79 Å². The Morgan fingerprint density at radius 1 is 1.32 bits per heavy atom. The lowest BCUT2D eigenvalue weighted by molar-refractivity contribution is 0.102. The van der Waals surface area contributed by atoms with E-state index in [1.165, 1.54) is 6.20 Å². The van der Waals surface area contributed by atoms with Crippen LogP contribution in [0.3, 0.4) is 0 Å². The third-order valence-corrected chi connectivity index (χ3v) is 3.60. The number of hydrogen-bond donors (Lipinski definition) is 2. The van der Waals surface area contributed by atoms with E-state index in [1.807, 2.05) is 6.92 Å². The predicted octanol–water partition coefficient (Wildman–Crippen LogP) is 4.25. The van der Waals surface area contributed by atoms with Gasteiger partial charge in [0.2, 0.25) is 5.95 Å². The number of aromatic nitrogens is 2. The average Bonchev–Trinajstić information content (AvgIpc) is 2.50. The van der Waals surface area contributed by atoms with E-state index in [0.29, 0.717) is 21.7 Å². The molecule has 2 aromatic rings. The molecule has 7 heteroatoms. The van der Waals surface area contributed by atoms with Crippen LogP contribution >= 0.6 is 23.2 Å².